The number of anilines is 1. The molecule has 1 amide bonds. The zero-order valence-electron chi connectivity index (χ0n) is 13.0. The lowest BCUT2D eigenvalue weighted by molar-refractivity contribution is -0.121. The first kappa shape index (κ1) is 20.7. The van der Waals surface area contributed by atoms with Crippen LogP contribution in [0.3, 0.4) is 0 Å². The molecular formula is C16H22Cl4N2O. The zero-order valence-corrected chi connectivity index (χ0v) is 16.1. The van der Waals surface area contributed by atoms with Crippen LogP contribution in [0.5, 0.6) is 0 Å². The van der Waals surface area contributed by atoms with Crippen molar-refractivity contribution in [1.29, 1.82) is 0 Å². The van der Waals surface area contributed by atoms with E-state index in [0.717, 1.165) is 19.3 Å². The quantitative estimate of drug-likeness (QED) is 0.307. The van der Waals surface area contributed by atoms with E-state index in [1.807, 2.05) is 0 Å². The third-order valence-electron chi connectivity index (χ3n) is 3.31. The fourth-order valence-corrected chi connectivity index (χ4v) is 2.57. The van der Waals surface area contributed by atoms with Gasteiger partial charge in [-0.25, -0.2) is 0 Å². The SMILES string of the molecule is CCCCCCCC(=O)N[C@@H](Nc1ccccc1Cl)C(Cl)(Cl)Cl. The topological polar surface area (TPSA) is 41.1 Å². The van der Waals surface area contributed by atoms with E-state index in [2.05, 4.69) is 17.6 Å². The molecule has 0 unspecified atom stereocenters. The van der Waals surface area contributed by atoms with Crippen LogP contribution in [0, 0.1) is 0 Å². The first-order chi connectivity index (χ1) is 10.8. The number of amides is 1. The first-order valence-corrected chi connectivity index (χ1v) is 9.23. The summed E-state index contributed by atoms with van der Waals surface area (Å²) in [4.78, 5) is 12.0. The van der Waals surface area contributed by atoms with Crippen LogP contribution < -0.4 is 10.6 Å². The van der Waals surface area contributed by atoms with Gasteiger partial charge < -0.3 is 10.6 Å². The average molecular weight is 400 g/mol. The first-order valence-electron chi connectivity index (χ1n) is 7.71. The van der Waals surface area contributed by atoms with Gasteiger partial charge in [0.2, 0.25) is 9.70 Å². The van der Waals surface area contributed by atoms with Crippen LogP contribution in [-0.4, -0.2) is 15.9 Å². The number of benzene rings is 1. The minimum Gasteiger partial charge on any atom is -0.361 e. The molecule has 1 atom stereocenters. The van der Waals surface area contributed by atoms with Crippen molar-refractivity contribution in [3.05, 3.63) is 29.3 Å². The Hall–Kier alpha value is -0.350. The molecule has 0 aliphatic heterocycles. The highest BCUT2D eigenvalue weighted by atomic mass is 35.6. The Morgan fingerprint density at radius 3 is 2.39 bits per heavy atom. The average Bonchev–Trinajstić information content (AvgIpc) is 2.47. The van der Waals surface area contributed by atoms with E-state index in [4.69, 9.17) is 46.4 Å². The summed E-state index contributed by atoms with van der Waals surface area (Å²) < 4.78 is -1.70. The molecule has 0 saturated carbocycles. The lowest BCUT2D eigenvalue weighted by Crippen LogP contribution is -2.49. The largest absolute Gasteiger partial charge is 0.361 e. The van der Waals surface area contributed by atoms with Crippen molar-refractivity contribution in [2.45, 2.75) is 55.4 Å². The second-order valence-electron chi connectivity index (χ2n) is 5.33. The van der Waals surface area contributed by atoms with Crippen LogP contribution in [0.4, 0.5) is 5.69 Å². The standard InChI is InChI=1S/C16H22Cl4N2O/c1-2-3-4-5-6-11-14(23)22-15(16(18,19)20)21-13-10-8-7-9-12(13)17/h7-10,15,21H,2-6,11H2,1H3,(H,22,23)/t15-/m1/s1. The molecule has 1 aromatic carbocycles. The van der Waals surface area contributed by atoms with Gasteiger partial charge >= 0.3 is 0 Å². The maximum atomic E-state index is 12.0. The van der Waals surface area contributed by atoms with Gasteiger partial charge in [-0.05, 0) is 18.6 Å². The summed E-state index contributed by atoms with van der Waals surface area (Å²) in [5.41, 5.74) is 0.591. The number of para-hydroxylation sites is 1. The Morgan fingerprint density at radius 2 is 1.78 bits per heavy atom. The second-order valence-corrected chi connectivity index (χ2v) is 8.11. The van der Waals surface area contributed by atoms with Crippen molar-refractivity contribution in [3.63, 3.8) is 0 Å². The summed E-state index contributed by atoms with van der Waals surface area (Å²) in [6, 6.07) is 7.07. The van der Waals surface area contributed by atoms with E-state index < -0.39 is 9.96 Å². The molecule has 1 rings (SSSR count). The molecule has 23 heavy (non-hydrogen) atoms. The third kappa shape index (κ3) is 8.35. The van der Waals surface area contributed by atoms with E-state index in [1.54, 1.807) is 24.3 Å². The molecule has 7 heteroatoms. The molecule has 1 aromatic rings. The fourth-order valence-electron chi connectivity index (χ4n) is 2.06. The molecule has 0 saturated heterocycles. The van der Waals surface area contributed by atoms with Gasteiger partial charge in [0.1, 0.15) is 6.17 Å². The highest BCUT2D eigenvalue weighted by Crippen LogP contribution is 2.32. The Labute approximate surface area is 158 Å². The highest BCUT2D eigenvalue weighted by molar-refractivity contribution is 6.68. The minimum atomic E-state index is -1.70. The third-order valence-corrected chi connectivity index (χ3v) is 4.30. The second kappa shape index (κ2) is 10.5. The molecule has 0 aromatic heterocycles. The van der Waals surface area contributed by atoms with Crippen LogP contribution in [0.2, 0.25) is 5.02 Å². The lowest BCUT2D eigenvalue weighted by atomic mass is 10.1. The number of hydrogen-bond donors (Lipinski definition) is 2. The van der Waals surface area contributed by atoms with Crippen molar-refractivity contribution in [1.82, 2.24) is 5.32 Å². The van der Waals surface area contributed by atoms with Gasteiger partial charge in [-0.15, -0.1) is 0 Å². The molecule has 130 valence electrons. The number of carbonyl (C=O) groups is 1. The van der Waals surface area contributed by atoms with Gasteiger partial charge in [0.05, 0.1) is 10.7 Å². The fraction of sp³-hybridized carbons (Fsp3) is 0.562. The molecule has 0 bridgehead atoms. The Morgan fingerprint density at radius 1 is 1.13 bits per heavy atom. The van der Waals surface area contributed by atoms with Crippen LogP contribution in [0.1, 0.15) is 45.4 Å². The molecule has 0 aliphatic rings. The normalized spacial score (nSPS) is 12.7. The van der Waals surface area contributed by atoms with Crippen LogP contribution in [-0.2, 0) is 4.79 Å². The number of halogens is 4. The molecule has 0 radical (unpaired) electrons. The number of unbranched alkanes of at least 4 members (excludes halogenated alkanes) is 4. The molecule has 0 heterocycles. The summed E-state index contributed by atoms with van der Waals surface area (Å²) in [6.07, 6.45) is 4.88. The summed E-state index contributed by atoms with van der Waals surface area (Å²) in [7, 11) is 0. The van der Waals surface area contributed by atoms with Gasteiger partial charge in [0.15, 0.2) is 0 Å². The van der Waals surface area contributed by atoms with E-state index in [0.29, 0.717) is 17.1 Å². The van der Waals surface area contributed by atoms with Gasteiger partial charge in [-0.2, -0.15) is 0 Å². The number of alkyl halides is 3. The van der Waals surface area contributed by atoms with Crippen LogP contribution >= 0.6 is 46.4 Å². The number of rotatable bonds is 9. The summed E-state index contributed by atoms with van der Waals surface area (Å²) in [5.74, 6) is -0.155. The Kier molecular flexibility index (Phi) is 9.45. The van der Waals surface area contributed by atoms with Crippen molar-refractivity contribution in [3.8, 4) is 0 Å². The predicted octanol–water partition coefficient (Wildman–Crippen LogP) is 5.92. The zero-order chi connectivity index (χ0) is 17.3. The molecule has 3 nitrogen and oxygen atoms in total. The Balaban J connectivity index is 2.55. The predicted molar refractivity (Wildman–Crippen MR) is 101 cm³/mol. The van der Waals surface area contributed by atoms with E-state index in [9.17, 15) is 4.79 Å². The summed E-state index contributed by atoms with van der Waals surface area (Å²) in [5, 5.41) is 6.17. The van der Waals surface area contributed by atoms with Crippen molar-refractivity contribution >= 4 is 58.0 Å². The lowest BCUT2D eigenvalue weighted by Gasteiger charge is -2.27. The molecular weight excluding hydrogens is 378 g/mol. The number of hydrogen-bond acceptors (Lipinski definition) is 2. The van der Waals surface area contributed by atoms with Crippen molar-refractivity contribution < 1.29 is 4.79 Å². The summed E-state index contributed by atoms with van der Waals surface area (Å²) in [6.45, 7) is 2.15. The van der Waals surface area contributed by atoms with Crippen molar-refractivity contribution in [2.24, 2.45) is 0 Å². The van der Waals surface area contributed by atoms with Gasteiger partial charge in [0.25, 0.3) is 0 Å². The Bertz CT molecular complexity index is 491. The van der Waals surface area contributed by atoms with E-state index in [-0.39, 0.29) is 5.91 Å². The molecule has 0 aliphatic carbocycles. The van der Waals surface area contributed by atoms with Gasteiger partial charge in [0, 0.05) is 6.42 Å². The van der Waals surface area contributed by atoms with Gasteiger partial charge in [-0.3, -0.25) is 4.79 Å². The highest BCUT2D eigenvalue weighted by Gasteiger charge is 2.34. The van der Waals surface area contributed by atoms with Crippen LogP contribution in [0.25, 0.3) is 0 Å². The van der Waals surface area contributed by atoms with Crippen molar-refractivity contribution in [2.75, 3.05) is 5.32 Å². The smallest absolute Gasteiger partial charge is 0.228 e. The minimum absolute atomic E-state index is 0.155. The monoisotopic (exact) mass is 398 g/mol. The van der Waals surface area contributed by atoms with E-state index >= 15 is 0 Å². The van der Waals surface area contributed by atoms with Gasteiger partial charge in [-0.1, -0.05) is 91.1 Å². The number of nitrogens with one attached hydrogen (secondary N) is 2. The van der Waals surface area contributed by atoms with E-state index in [1.165, 1.54) is 12.8 Å². The maximum Gasteiger partial charge on any atom is 0.228 e. The summed E-state index contributed by atoms with van der Waals surface area (Å²) >= 11 is 24.0. The molecule has 2 N–H and O–H groups in total. The molecule has 0 fully saturated rings. The number of carbonyl (C=O) groups excluding carboxylic acids is 1. The molecule has 0 spiro atoms. The van der Waals surface area contributed by atoms with Crippen LogP contribution in [0.15, 0.2) is 24.3 Å². The maximum absolute atomic E-state index is 12.0.